The first-order chi connectivity index (χ1) is 4.83. The van der Waals surface area contributed by atoms with Crippen molar-refractivity contribution in [3.8, 4) is 0 Å². The highest BCUT2D eigenvalue weighted by molar-refractivity contribution is 6.64. The van der Waals surface area contributed by atoms with Gasteiger partial charge in [0.25, 0.3) is 7.41 Å². The quantitative estimate of drug-likeness (QED) is 0.370. The van der Waals surface area contributed by atoms with E-state index in [-0.39, 0.29) is 0 Å². The zero-order chi connectivity index (χ0) is 7.14. The van der Waals surface area contributed by atoms with Gasteiger partial charge in [-0.25, -0.2) is 0 Å². The lowest BCUT2D eigenvalue weighted by molar-refractivity contribution is 0.472. The van der Waals surface area contributed by atoms with Crippen LogP contribution in [0.15, 0.2) is 0 Å². The Bertz CT molecular complexity index is 152. The SMILES string of the molecule is NC1C2CN(BC=O)CC12. The number of nitrogens with zero attached hydrogens (tertiary/aromatic N) is 1. The zero-order valence-corrected chi connectivity index (χ0v) is 5.86. The van der Waals surface area contributed by atoms with Crippen molar-refractivity contribution in [1.29, 1.82) is 0 Å². The van der Waals surface area contributed by atoms with Gasteiger partial charge in [0.2, 0.25) is 0 Å². The summed E-state index contributed by atoms with van der Waals surface area (Å²) in [6, 6.07) is 0.447. The lowest BCUT2D eigenvalue weighted by atomic mass is 9.95. The normalized spacial score (nSPS) is 44.7. The number of carbonyl (C=O) groups is 1. The first-order valence-corrected chi connectivity index (χ1v) is 3.74. The molecule has 2 unspecified atom stereocenters. The second-order valence-electron chi connectivity index (χ2n) is 3.29. The molecule has 54 valence electrons. The third-order valence-corrected chi connectivity index (χ3v) is 2.67. The highest BCUT2D eigenvalue weighted by Crippen LogP contribution is 2.43. The largest absolute Gasteiger partial charge is 0.338 e. The van der Waals surface area contributed by atoms with E-state index in [1.165, 1.54) is 0 Å². The van der Waals surface area contributed by atoms with Crippen molar-refractivity contribution in [2.45, 2.75) is 6.04 Å². The smallest absolute Gasteiger partial charge is 0.281 e. The molecule has 4 heteroatoms. The summed E-state index contributed by atoms with van der Waals surface area (Å²) in [4.78, 5) is 12.3. The molecule has 0 aromatic rings. The molecule has 2 atom stereocenters. The maximum atomic E-state index is 10.1. The fourth-order valence-corrected chi connectivity index (χ4v) is 1.91. The predicted molar refractivity (Wildman–Crippen MR) is 40.4 cm³/mol. The Morgan fingerprint density at radius 2 is 2.10 bits per heavy atom. The van der Waals surface area contributed by atoms with Crippen LogP contribution >= 0.6 is 0 Å². The zero-order valence-electron chi connectivity index (χ0n) is 5.86. The van der Waals surface area contributed by atoms with E-state index in [9.17, 15) is 4.79 Å². The maximum Gasteiger partial charge on any atom is 0.281 e. The van der Waals surface area contributed by atoms with Crippen LogP contribution in [-0.2, 0) is 4.79 Å². The Kier molecular flexibility index (Phi) is 1.32. The molecule has 1 aliphatic carbocycles. The van der Waals surface area contributed by atoms with Crippen molar-refractivity contribution in [3.63, 3.8) is 0 Å². The fourth-order valence-electron chi connectivity index (χ4n) is 1.91. The fraction of sp³-hybridized carbons (Fsp3) is 0.833. The van der Waals surface area contributed by atoms with Gasteiger partial charge in [-0.15, -0.1) is 0 Å². The Morgan fingerprint density at radius 1 is 1.50 bits per heavy atom. The van der Waals surface area contributed by atoms with Gasteiger partial charge in [0, 0.05) is 6.04 Å². The molecule has 1 aliphatic heterocycles. The number of hydrogen-bond donors (Lipinski definition) is 1. The highest BCUT2D eigenvalue weighted by atomic mass is 16.1. The van der Waals surface area contributed by atoms with Crippen LogP contribution in [0.4, 0.5) is 0 Å². The second-order valence-corrected chi connectivity index (χ2v) is 3.29. The lowest BCUT2D eigenvalue weighted by Gasteiger charge is -2.13. The molecule has 0 aromatic heterocycles. The summed E-state index contributed by atoms with van der Waals surface area (Å²) in [5.41, 5.74) is 5.72. The number of hydrogen-bond acceptors (Lipinski definition) is 3. The number of fused-ring (bicyclic) bond motifs is 1. The molecule has 1 saturated carbocycles. The maximum absolute atomic E-state index is 10.1. The summed E-state index contributed by atoms with van der Waals surface area (Å²) >= 11 is 0. The molecule has 0 aromatic carbocycles. The third-order valence-electron chi connectivity index (χ3n) is 2.67. The molecule has 1 heterocycles. The molecule has 0 radical (unpaired) electrons. The standard InChI is InChI=1S/C6H11BN2O/c8-6-4-1-9(7-3-10)2-5(4)6/h3-7H,1-2,8H2. The van der Waals surface area contributed by atoms with E-state index >= 15 is 0 Å². The van der Waals surface area contributed by atoms with E-state index in [4.69, 9.17) is 5.73 Å². The van der Waals surface area contributed by atoms with Gasteiger partial charge in [0.15, 0.2) is 0 Å². The molecule has 1 saturated heterocycles. The molecular formula is C6H11BN2O. The molecular weight excluding hydrogens is 127 g/mol. The minimum Gasteiger partial charge on any atom is -0.338 e. The molecule has 2 aliphatic rings. The van der Waals surface area contributed by atoms with Crippen LogP contribution in [0, 0.1) is 11.8 Å². The van der Waals surface area contributed by atoms with Gasteiger partial charge in [0.05, 0.1) is 6.19 Å². The van der Waals surface area contributed by atoms with Crippen LogP contribution in [0.1, 0.15) is 0 Å². The number of piperidine rings is 1. The Hall–Kier alpha value is -0.345. The van der Waals surface area contributed by atoms with Crippen molar-refractivity contribution in [2.75, 3.05) is 13.1 Å². The summed E-state index contributed by atoms with van der Waals surface area (Å²) in [5.74, 6) is 1.42. The van der Waals surface area contributed by atoms with E-state index in [0.29, 0.717) is 25.3 Å². The Balaban J connectivity index is 1.83. The molecule has 0 amide bonds. The molecule has 10 heavy (non-hydrogen) atoms. The van der Waals surface area contributed by atoms with Crippen LogP contribution < -0.4 is 5.73 Å². The molecule has 2 N–H and O–H groups in total. The lowest BCUT2D eigenvalue weighted by Crippen LogP contribution is -2.32. The van der Waals surface area contributed by atoms with Crippen LogP contribution in [-0.4, -0.2) is 37.5 Å². The van der Waals surface area contributed by atoms with Gasteiger partial charge in [-0.05, 0) is 24.9 Å². The average molecular weight is 138 g/mol. The monoisotopic (exact) mass is 138 g/mol. The van der Waals surface area contributed by atoms with Gasteiger partial charge in [-0.2, -0.15) is 0 Å². The van der Waals surface area contributed by atoms with Crippen LogP contribution in [0.25, 0.3) is 0 Å². The van der Waals surface area contributed by atoms with Gasteiger partial charge >= 0.3 is 0 Å². The minimum atomic E-state index is 0.447. The molecule has 2 fully saturated rings. The summed E-state index contributed by atoms with van der Waals surface area (Å²) < 4.78 is 0. The van der Waals surface area contributed by atoms with E-state index in [1.54, 1.807) is 0 Å². The number of rotatable bonds is 2. The predicted octanol–water partition coefficient (Wildman–Crippen LogP) is -1.58. The minimum absolute atomic E-state index is 0.447. The second kappa shape index (κ2) is 2.07. The molecule has 3 nitrogen and oxygen atoms in total. The highest BCUT2D eigenvalue weighted by Gasteiger charge is 2.52. The van der Waals surface area contributed by atoms with Crippen LogP contribution in [0.2, 0.25) is 0 Å². The summed E-state index contributed by atoms with van der Waals surface area (Å²) in [5, 5.41) is 0. The van der Waals surface area contributed by atoms with E-state index in [1.807, 2.05) is 0 Å². The number of nitrogens with two attached hydrogens (primary N) is 1. The van der Waals surface area contributed by atoms with Crippen molar-refractivity contribution >= 4 is 13.6 Å². The van der Waals surface area contributed by atoms with Crippen molar-refractivity contribution in [3.05, 3.63) is 0 Å². The van der Waals surface area contributed by atoms with Crippen LogP contribution in [0.5, 0.6) is 0 Å². The average Bonchev–Trinajstić information content (AvgIpc) is 2.44. The first kappa shape index (κ1) is 6.37. The third kappa shape index (κ3) is 0.795. The van der Waals surface area contributed by atoms with Crippen molar-refractivity contribution in [2.24, 2.45) is 17.6 Å². The van der Waals surface area contributed by atoms with Gasteiger partial charge in [-0.3, -0.25) is 0 Å². The van der Waals surface area contributed by atoms with Crippen molar-refractivity contribution in [1.82, 2.24) is 4.81 Å². The summed E-state index contributed by atoms with van der Waals surface area (Å²) in [6.45, 7) is 2.09. The molecule has 0 spiro atoms. The van der Waals surface area contributed by atoms with E-state index < -0.39 is 0 Å². The van der Waals surface area contributed by atoms with Crippen molar-refractivity contribution < 1.29 is 4.79 Å². The Labute approximate surface area is 60.8 Å². The van der Waals surface area contributed by atoms with Gasteiger partial charge in [0.1, 0.15) is 0 Å². The van der Waals surface area contributed by atoms with Crippen LogP contribution in [0.3, 0.4) is 0 Å². The molecule has 2 rings (SSSR count). The topological polar surface area (TPSA) is 46.3 Å². The Morgan fingerprint density at radius 3 is 2.60 bits per heavy atom. The van der Waals surface area contributed by atoms with Gasteiger partial charge in [-0.1, -0.05) is 0 Å². The first-order valence-electron chi connectivity index (χ1n) is 3.74. The molecule has 0 bridgehead atoms. The number of carbonyl (C=O) groups excluding carboxylic acids is 1. The van der Waals surface area contributed by atoms with Gasteiger partial charge < -0.3 is 15.3 Å². The van der Waals surface area contributed by atoms with E-state index in [2.05, 4.69) is 4.81 Å². The van der Waals surface area contributed by atoms with E-state index in [0.717, 1.165) is 19.3 Å². The summed E-state index contributed by atoms with van der Waals surface area (Å²) in [7, 11) is 0.597. The summed E-state index contributed by atoms with van der Waals surface area (Å²) in [6.07, 6.45) is 0.969.